The van der Waals surface area contributed by atoms with Crippen molar-refractivity contribution in [1.29, 1.82) is 0 Å². The third-order valence-electron chi connectivity index (χ3n) is 3.24. The molecule has 0 bridgehead atoms. The molecule has 0 saturated carbocycles. The summed E-state index contributed by atoms with van der Waals surface area (Å²) >= 11 is 6.02. The minimum absolute atomic E-state index is 0.251. The average molecular weight is 275 g/mol. The van der Waals surface area contributed by atoms with Gasteiger partial charge in [-0.3, -0.25) is 4.68 Å². The summed E-state index contributed by atoms with van der Waals surface area (Å²) in [6.07, 6.45) is 3.76. The van der Waals surface area contributed by atoms with Crippen LogP contribution in [0.2, 0.25) is 0 Å². The van der Waals surface area contributed by atoms with E-state index in [0.717, 1.165) is 23.4 Å². The number of rotatable bonds is 4. The zero-order valence-electron chi connectivity index (χ0n) is 10.7. The maximum Gasteiger partial charge on any atom is 0.125 e. The number of benzene rings is 1. The third kappa shape index (κ3) is 2.24. The summed E-state index contributed by atoms with van der Waals surface area (Å²) in [6.45, 7) is 2.96. The summed E-state index contributed by atoms with van der Waals surface area (Å²) in [5, 5.41) is 4.25. The smallest absolute Gasteiger partial charge is 0.125 e. The van der Waals surface area contributed by atoms with Crippen molar-refractivity contribution < 1.29 is 0 Å². The molecule has 4 nitrogen and oxygen atoms in total. The first-order chi connectivity index (χ1) is 9.29. The van der Waals surface area contributed by atoms with E-state index in [4.69, 9.17) is 11.6 Å². The van der Waals surface area contributed by atoms with Crippen molar-refractivity contribution in [3.63, 3.8) is 0 Å². The molecule has 19 heavy (non-hydrogen) atoms. The Balaban J connectivity index is 2.02. The highest BCUT2D eigenvalue weighted by molar-refractivity contribution is 6.16. The molecule has 2 heterocycles. The second-order valence-electron chi connectivity index (χ2n) is 4.60. The quantitative estimate of drug-likeness (QED) is 0.685. The van der Waals surface area contributed by atoms with Gasteiger partial charge in [0.15, 0.2) is 0 Å². The van der Waals surface area contributed by atoms with Crippen LogP contribution in [0.3, 0.4) is 0 Å². The molecular weight excluding hydrogens is 260 g/mol. The van der Waals surface area contributed by atoms with Gasteiger partial charge in [0.2, 0.25) is 0 Å². The van der Waals surface area contributed by atoms with E-state index in [1.165, 1.54) is 0 Å². The maximum absolute atomic E-state index is 6.02. The zero-order valence-corrected chi connectivity index (χ0v) is 11.5. The number of alkyl halides is 1. The van der Waals surface area contributed by atoms with Crippen molar-refractivity contribution in [2.75, 3.05) is 0 Å². The molecule has 0 spiro atoms. The maximum atomic E-state index is 6.02. The Labute approximate surface area is 116 Å². The van der Waals surface area contributed by atoms with E-state index in [1.54, 1.807) is 6.20 Å². The van der Waals surface area contributed by atoms with Gasteiger partial charge in [-0.15, -0.1) is 11.6 Å². The van der Waals surface area contributed by atoms with Gasteiger partial charge in [0.25, 0.3) is 0 Å². The van der Waals surface area contributed by atoms with Gasteiger partial charge < -0.3 is 4.57 Å². The van der Waals surface area contributed by atoms with Gasteiger partial charge in [-0.25, -0.2) is 4.98 Å². The highest BCUT2D eigenvalue weighted by atomic mass is 35.5. The number of nitrogens with zero attached hydrogens (tertiary/aromatic N) is 4. The molecule has 1 unspecified atom stereocenters. The van der Waals surface area contributed by atoms with Crippen LogP contribution in [0.1, 0.15) is 18.8 Å². The largest absolute Gasteiger partial charge is 0.322 e. The van der Waals surface area contributed by atoms with Crippen LogP contribution < -0.4 is 0 Å². The predicted molar refractivity (Wildman–Crippen MR) is 76.2 cm³/mol. The number of para-hydroxylation sites is 2. The molecule has 0 fully saturated rings. The lowest BCUT2D eigenvalue weighted by atomic mass is 10.2. The normalized spacial score (nSPS) is 12.9. The van der Waals surface area contributed by atoms with Gasteiger partial charge in [0, 0.05) is 12.4 Å². The molecular formula is C14H15ClN4. The third-order valence-corrected chi connectivity index (χ3v) is 3.48. The van der Waals surface area contributed by atoms with Crippen LogP contribution in [0, 0.1) is 0 Å². The molecule has 0 saturated heterocycles. The van der Waals surface area contributed by atoms with E-state index < -0.39 is 0 Å². The van der Waals surface area contributed by atoms with Crippen LogP contribution in [0.5, 0.6) is 0 Å². The number of fused-ring (bicyclic) bond motifs is 1. The Bertz CT molecular complexity index is 672. The minimum Gasteiger partial charge on any atom is -0.322 e. The second-order valence-corrected chi connectivity index (χ2v) is 4.86. The topological polar surface area (TPSA) is 35.6 Å². The van der Waals surface area contributed by atoms with Crippen molar-refractivity contribution in [3.8, 4) is 0 Å². The van der Waals surface area contributed by atoms with Gasteiger partial charge in [0.1, 0.15) is 5.82 Å². The number of aromatic nitrogens is 4. The van der Waals surface area contributed by atoms with E-state index in [0.29, 0.717) is 5.88 Å². The molecule has 0 aliphatic carbocycles. The first kappa shape index (κ1) is 12.2. The van der Waals surface area contributed by atoms with Crippen molar-refractivity contribution in [2.24, 2.45) is 0 Å². The fraction of sp³-hybridized carbons (Fsp3) is 0.286. The van der Waals surface area contributed by atoms with Crippen LogP contribution in [0.15, 0.2) is 42.7 Å². The average Bonchev–Trinajstić information content (AvgIpc) is 3.04. The van der Waals surface area contributed by atoms with E-state index in [9.17, 15) is 0 Å². The van der Waals surface area contributed by atoms with E-state index in [2.05, 4.69) is 27.6 Å². The summed E-state index contributed by atoms with van der Waals surface area (Å²) in [7, 11) is 0. The Kier molecular flexibility index (Phi) is 3.25. The number of imidazole rings is 1. The van der Waals surface area contributed by atoms with Crippen LogP contribution in [-0.2, 0) is 12.4 Å². The van der Waals surface area contributed by atoms with Crippen LogP contribution in [0.4, 0.5) is 0 Å². The van der Waals surface area contributed by atoms with Crippen LogP contribution in [-0.4, -0.2) is 19.3 Å². The molecule has 1 atom stereocenters. The van der Waals surface area contributed by atoms with Gasteiger partial charge in [-0.05, 0) is 25.1 Å². The SMILES string of the molecule is CC(Cn1cccn1)n1c(CCl)nc2ccccc21. The van der Waals surface area contributed by atoms with Crippen molar-refractivity contribution in [1.82, 2.24) is 19.3 Å². The molecule has 0 aliphatic heterocycles. The summed E-state index contributed by atoms with van der Waals surface area (Å²) in [5.41, 5.74) is 2.11. The van der Waals surface area contributed by atoms with Crippen molar-refractivity contribution >= 4 is 22.6 Å². The van der Waals surface area contributed by atoms with Gasteiger partial charge in [-0.1, -0.05) is 12.1 Å². The Morgan fingerprint density at radius 2 is 2.11 bits per heavy atom. The van der Waals surface area contributed by atoms with Crippen LogP contribution in [0.25, 0.3) is 11.0 Å². The van der Waals surface area contributed by atoms with Crippen molar-refractivity contribution in [2.45, 2.75) is 25.4 Å². The number of hydrogen-bond donors (Lipinski definition) is 0. The standard InChI is InChI=1S/C14H15ClN4/c1-11(10-18-8-4-7-16-18)19-13-6-3-2-5-12(13)17-14(19)9-15/h2-8,11H,9-10H2,1H3. The first-order valence-corrected chi connectivity index (χ1v) is 6.82. The summed E-state index contributed by atoms with van der Waals surface area (Å²) in [5.74, 6) is 1.32. The van der Waals surface area contributed by atoms with Gasteiger partial charge in [-0.2, -0.15) is 5.10 Å². The Morgan fingerprint density at radius 1 is 1.26 bits per heavy atom. The minimum atomic E-state index is 0.251. The van der Waals surface area contributed by atoms with Crippen LogP contribution >= 0.6 is 11.6 Å². The van der Waals surface area contributed by atoms with E-state index in [-0.39, 0.29) is 6.04 Å². The molecule has 5 heteroatoms. The Hall–Kier alpha value is -1.81. The molecule has 0 aliphatic rings. The van der Waals surface area contributed by atoms with E-state index >= 15 is 0 Å². The highest BCUT2D eigenvalue weighted by Crippen LogP contribution is 2.23. The molecule has 3 aromatic rings. The van der Waals surface area contributed by atoms with E-state index in [1.807, 2.05) is 35.1 Å². The fourth-order valence-corrected chi connectivity index (χ4v) is 2.63. The van der Waals surface area contributed by atoms with Gasteiger partial charge in [0.05, 0.1) is 29.5 Å². The first-order valence-electron chi connectivity index (χ1n) is 6.29. The lowest BCUT2D eigenvalue weighted by Crippen LogP contribution is -2.15. The zero-order chi connectivity index (χ0) is 13.2. The molecule has 98 valence electrons. The number of hydrogen-bond acceptors (Lipinski definition) is 2. The summed E-state index contributed by atoms with van der Waals surface area (Å²) < 4.78 is 4.13. The van der Waals surface area contributed by atoms with Gasteiger partial charge >= 0.3 is 0 Å². The highest BCUT2D eigenvalue weighted by Gasteiger charge is 2.15. The second kappa shape index (κ2) is 5.05. The molecule has 0 radical (unpaired) electrons. The number of halogens is 1. The molecule has 2 aromatic heterocycles. The van der Waals surface area contributed by atoms with Crippen molar-refractivity contribution in [3.05, 3.63) is 48.5 Å². The monoisotopic (exact) mass is 274 g/mol. The summed E-state index contributed by atoms with van der Waals surface area (Å²) in [6, 6.07) is 10.3. The predicted octanol–water partition coefficient (Wildman–Crippen LogP) is 3.23. The lowest BCUT2D eigenvalue weighted by molar-refractivity contribution is 0.438. The summed E-state index contributed by atoms with van der Waals surface area (Å²) in [4.78, 5) is 4.58. The lowest BCUT2D eigenvalue weighted by Gasteiger charge is -2.17. The Morgan fingerprint density at radius 3 is 2.84 bits per heavy atom. The molecule has 3 rings (SSSR count). The molecule has 0 amide bonds. The molecule has 1 aromatic carbocycles. The fourth-order valence-electron chi connectivity index (χ4n) is 2.44. The molecule has 0 N–H and O–H groups in total.